The van der Waals surface area contributed by atoms with Gasteiger partial charge in [0.1, 0.15) is 20.8 Å². The van der Waals surface area contributed by atoms with Crippen LogP contribution in [0.1, 0.15) is 149 Å². The maximum atomic E-state index is 12.8. The number of carbonyl (C=O) groups is 2. The molecule has 284 valence electrons. The molecule has 0 saturated carbocycles. The van der Waals surface area contributed by atoms with Crippen LogP contribution in [0.2, 0.25) is 0 Å². The highest BCUT2D eigenvalue weighted by Crippen LogP contribution is 2.45. The van der Waals surface area contributed by atoms with Gasteiger partial charge in [-0.1, -0.05) is 129 Å². The van der Waals surface area contributed by atoms with E-state index in [2.05, 4.69) is 38.1 Å². The van der Waals surface area contributed by atoms with Crippen molar-refractivity contribution in [2.75, 3.05) is 13.2 Å². The summed E-state index contributed by atoms with van der Waals surface area (Å²) in [6.45, 7) is 5.48. The van der Waals surface area contributed by atoms with Gasteiger partial charge in [-0.05, 0) is 37.1 Å². The first-order valence-electron chi connectivity index (χ1n) is 19.7. The fourth-order valence-electron chi connectivity index (χ4n) is 6.70. The molecule has 53 heavy (non-hydrogen) atoms. The molecular formula is C42H52N2O4S5. The zero-order valence-electron chi connectivity index (χ0n) is 31.2. The van der Waals surface area contributed by atoms with Crippen molar-refractivity contribution in [2.24, 2.45) is 0 Å². The van der Waals surface area contributed by atoms with E-state index < -0.39 is 0 Å². The number of benzene rings is 1. The average molecular weight is 809 g/mol. The van der Waals surface area contributed by atoms with Gasteiger partial charge >= 0.3 is 11.9 Å². The van der Waals surface area contributed by atoms with Crippen LogP contribution < -0.4 is 0 Å². The monoisotopic (exact) mass is 808 g/mol. The van der Waals surface area contributed by atoms with Crippen molar-refractivity contribution in [3.05, 3.63) is 46.2 Å². The molecule has 0 radical (unpaired) electrons. The standard InChI is InChI=1S/C42H52N2O4S5/c1-3-5-7-9-11-13-15-17-19-23-47-41(45)37-27-35-33(51-37)25-31(49-35)29-21-22-30(40-39(29)43-53-44-40)32-26-34-36(50-32)28-38(52-34)42(46)48-24-20-18-16-14-12-10-8-6-4-2/h21-22,25-28H,3-20,23-24H2,1-2H3. The smallest absolute Gasteiger partial charge is 0.348 e. The Morgan fingerprint density at radius 2 is 0.849 bits per heavy atom. The van der Waals surface area contributed by atoms with E-state index in [0.29, 0.717) is 23.0 Å². The van der Waals surface area contributed by atoms with E-state index in [1.54, 1.807) is 22.7 Å². The number of ether oxygens (including phenoxy) is 2. The van der Waals surface area contributed by atoms with E-state index in [0.717, 1.165) is 76.4 Å². The molecule has 0 aliphatic heterocycles. The van der Waals surface area contributed by atoms with Crippen molar-refractivity contribution >= 4 is 98.8 Å². The second-order valence-corrected chi connectivity index (χ2v) is 18.8. The minimum absolute atomic E-state index is 0.219. The number of thiophene rings is 4. The molecule has 0 unspecified atom stereocenters. The third-order valence-electron chi connectivity index (χ3n) is 9.72. The number of aromatic nitrogens is 2. The molecule has 0 bridgehead atoms. The number of rotatable bonds is 24. The van der Waals surface area contributed by atoms with Crippen LogP contribution in [0.25, 0.3) is 50.7 Å². The molecular weight excluding hydrogens is 757 g/mol. The maximum Gasteiger partial charge on any atom is 0.348 e. The summed E-state index contributed by atoms with van der Waals surface area (Å²) in [6.07, 6.45) is 22.4. The number of hydrogen-bond acceptors (Lipinski definition) is 11. The highest BCUT2D eigenvalue weighted by atomic mass is 32.1. The number of hydrogen-bond donors (Lipinski definition) is 0. The van der Waals surface area contributed by atoms with E-state index in [1.807, 2.05) is 12.1 Å². The van der Waals surface area contributed by atoms with Crippen LogP contribution in [-0.4, -0.2) is 33.9 Å². The first kappa shape index (κ1) is 40.0. The van der Waals surface area contributed by atoms with Crippen LogP contribution in [0.3, 0.4) is 0 Å². The van der Waals surface area contributed by atoms with Crippen LogP contribution in [-0.2, 0) is 9.47 Å². The summed E-state index contributed by atoms with van der Waals surface area (Å²) in [4.78, 5) is 29.1. The lowest BCUT2D eigenvalue weighted by Gasteiger charge is -2.04. The number of fused-ring (bicyclic) bond motifs is 3. The Labute approximate surface area is 334 Å². The van der Waals surface area contributed by atoms with Crippen LogP contribution in [0, 0.1) is 0 Å². The molecule has 0 aliphatic rings. The fraction of sp³-hybridized carbons (Fsp3) is 0.524. The van der Waals surface area contributed by atoms with Gasteiger partial charge in [0.15, 0.2) is 0 Å². The Hall–Kier alpha value is -2.70. The molecule has 0 aliphatic carbocycles. The fourth-order valence-corrected chi connectivity index (χ4v) is 11.9. The van der Waals surface area contributed by atoms with Crippen molar-refractivity contribution in [3.63, 3.8) is 0 Å². The number of carbonyl (C=O) groups excluding carboxylic acids is 2. The third-order valence-corrected chi connectivity index (χ3v) is 14.9. The van der Waals surface area contributed by atoms with Crippen molar-refractivity contribution in [2.45, 2.75) is 129 Å². The minimum Gasteiger partial charge on any atom is -0.462 e. The van der Waals surface area contributed by atoms with E-state index in [4.69, 9.17) is 18.2 Å². The van der Waals surface area contributed by atoms with Crippen LogP contribution in [0.15, 0.2) is 36.4 Å². The molecule has 0 fully saturated rings. The molecule has 0 amide bonds. The summed E-state index contributed by atoms with van der Waals surface area (Å²) < 4.78 is 25.0. The molecule has 5 aromatic heterocycles. The number of esters is 2. The van der Waals surface area contributed by atoms with Gasteiger partial charge in [0.25, 0.3) is 0 Å². The highest BCUT2D eigenvalue weighted by molar-refractivity contribution is 7.31. The zero-order chi connectivity index (χ0) is 36.8. The van der Waals surface area contributed by atoms with Crippen molar-refractivity contribution in [3.8, 4) is 20.9 Å². The van der Waals surface area contributed by atoms with Crippen molar-refractivity contribution in [1.82, 2.24) is 8.75 Å². The molecule has 11 heteroatoms. The summed E-state index contributed by atoms with van der Waals surface area (Å²) in [7, 11) is 0. The quantitative estimate of drug-likeness (QED) is 0.0448. The lowest BCUT2D eigenvalue weighted by Crippen LogP contribution is -2.04. The Bertz CT molecular complexity index is 1840. The van der Waals surface area contributed by atoms with Gasteiger partial charge in [0.05, 0.1) is 24.9 Å². The molecule has 1 aromatic carbocycles. The lowest BCUT2D eigenvalue weighted by atomic mass is 10.1. The first-order chi connectivity index (χ1) is 26.1. The van der Waals surface area contributed by atoms with Gasteiger partial charge in [0, 0.05) is 39.7 Å². The molecule has 6 aromatic rings. The SMILES string of the molecule is CCCCCCCCCCCOC(=O)c1cc2sc(-c3ccc(-c4cc5sc(C(=O)OCCCCCCCCCCC)cc5s4)c4nsnc34)cc2s1. The van der Waals surface area contributed by atoms with Gasteiger partial charge in [-0.15, -0.1) is 45.3 Å². The van der Waals surface area contributed by atoms with Gasteiger partial charge in [-0.2, -0.15) is 8.75 Å². The van der Waals surface area contributed by atoms with Gasteiger partial charge in [0.2, 0.25) is 0 Å². The molecule has 6 rings (SSSR count). The Kier molecular flexibility index (Phi) is 15.7. The third kappa shape index (κ3) is 11.0. The van der Waals surface area contributed by atoms with E-state index in [9.17, 15) is 9.59 Å². The second-order valence-electron chi connectivity index (χ2n) is 14.0. The topological polar surface area (TPSA) is 78.4 Å². The maximum absolute atomic E-state index is 12.8. The zero-order valence-corrected chi connectivity index (χ0v) is 35.3. The molecule has 0 N–H and O–H groups in total. The van der Waals surface area contributed by atoms with Crippen LogP contribution in [0.4, 0.5) is 0 Å². The molecule has 0 spiro atoms. The molecule has 5 heterocycles. The van der Waals surface area contributed by atoms with Gasteiger partial charge < -0.3 is 9.47 Å². The predicted molar refractivity (Wildman–Crippen MR) is 230 cm³/mol. The van der Waals surface area contributed by atoms with Crippen molar-refractivity contribution < 1.29 is 19.1 Å². The average Bonchev–Trinajstić information content (AvgIpc) is 3.99. The van der Waals surface area contributed by atoms with Gasteiger partial charge in [-0.25, -0.2) is 9.59 Å². The predicted octanol–water partition coefficient (Wildman–Crippen LogP) is 15.0. The second kappa shape index (κ2) is 20.8. The number of nitrogens with zero attached hydrogens (tertiary/aromatic N) is 2. The Morgan fingerprint density at radius 3 is 1.23 bits per heavy atom. The van der Waals surface area contributed by atoms with E-state index >= 15 is 0 Å². The van der Waals surface area contributed by atoms with E-state index in [-0.39, 0.29) is 11.9 Å². The number of unbranched alkanes of at least 4 members (excludes halogenated alkanes) is 16. The highest BCUT2D eigenvalue weighted by Gasteiger charge is 2.20. The Balaban J connectivity index is 0.999. The molecule has 0 saturated heterocycles. The summed E-state index contributed by atoms with van der Waals surface area (Å²) in [5.41, 5.74) is 3.88. The van der Waals surface area contributed by atoms with E-state index in [1.165, 1.54) is 124 Å². The minimum atomic E-state index is -0.219. The Morgan fingerprint density at radius 1 is 0.491 bits per heavy atom. The summed E-state index contributed by atoms with van der Waals surface area (Å²) in [5, 5.41) is 0. The normalized spacial score (nSPS) is 11.7. The van der Waals surface area contributed by atoms with Gasteiger partial charge in [-0.3, -0.25) is 0 Å². The summed E-state index contributed by atoms with van der Waals surface area (Å²) in [6, 6.07) is 12.5. The summed E-state index contributed by atoms with van der Waals surface area (Å²) in [5.74, 6) is -0.437. The van der Waals surface area contributed by atoms with Crippen LogP contribution >= 0.6 is 57.1 Å². The largest absolute Gasteiger partial charge is 0.462 e. The lowest BCUT2D eigenvalue weighted by molar-refractivity contribution is 0.0494. The molecule has 0 atom stereocenters. The first-order valence-corrected chi connectivity index (χ1v) is 23.7. The van der Waals surface area contributed by atoms with Crippen molar-refractivity contribution in [1.29, 1.82) is 0 Å². The molecule has 6 nitrogen and oxygen atoms in total. The van der Waals surface area contributed by atoms with Crippen LogP contribution in [0.5, 0.6) is 0 Å². The summed E-state index contributed by atoms with van der Waals surface area (Å²) >= 11 is 7.58.